The Morgan fingerprint density at radius 2 is 2.15 bits per heavy atom. The molecular weight excluding hydrogens is 328 g/mol. The highest BCUT2D eigenvalue weighted by Crippen LogP contribution is 2.31. The van der Waals surface area contributed by atoms with Gasteiger partial charge in [0.2, 0.25) is 5.91 Å². The maximum Gasteiger partial charge on any atom is 0.231 e. The number of anilines is 1. The van der Waals surface area contributed by atoms with Gasteiger partial charge in [0.25, 0.3) is 0 Å². The quantitative estimate of drug-likeness (QED) is 0.746. The Kier molecular flexibility index (Phi) is 4.29. The number of carbonyl (C=O) groups excluding carboxylic acids is 1. The Hall–Kier alpha value is -2.95. The monoisotopic (exact) mass is 350 g/mol. The maximum atomic E-state index is 12.7. The van der Waals surface area contributed by atoms with Crippen molar-refractivity contribution in [3.05, 3.63) is 53.7 Å². The zero-order valence-corrected chi connectivity index (χ0v) is 15.0. The summed E-state index contributed by atoms with van der Waals surface area (Å²) in [6.45, 7) is 4.98. The van der Waals surface area contributed by atoms with Crippen LogP contribution in [0.15, 0.2) is 42.5 Å². The normalized spacial score (nSPS) is 16.0. The van der Waals surface area contributed by atoms with E-state index in [1.807, 2.05) is 50.2 Å². The van der Waals surface area contributed by atoms with E-state index >= 15 is 0 Å². The molecule has 26 heavy (non-hydrogen) atoms. The van der Waals surface area contributed by atoms with Gasteiger partial charge in [-0.15, -0.1) is 0 Å². The van der Waals surface area contributed by atoms with Crippen molar-refractivity contribution in [2.24, 2.45) is 5.92 Å². The number of hydrogen-bond acceptors (Lipinski definition) is 3. The van der Waals surface area contributed by atoms with Crippen LogP contribution >= 0.6 is 0 Å². The molecule has 0 aliphatic carbocycles. The predicted octanol–water partition coefficient (Wildman–Crippen LogP) is 4.06. The Balaban J connectivity index is 1.48. The number of benzene rings is 2. The Morgan fingerprint density at radius 3 is 3.00 bits per heavy atom. The van der Waals surface area contributed by atoms with Gasteiger partial charge < -0.3 is 19.8 Å². The number of rotatable bonds is 4. The van der Waals surface area contributed by atoms with Crippen LogP contribution in [0.1, 0.15) is 18.2 Å². The molecule has 134 valence electrons. The fraction of sp³-hybridized carbons (Fsp3) is 0.286. The molecule has 0 saturated carbocycles. The summed E-state index contributed by atoms with van der Waals surface area (Å²) in [5.74, 6) is 1.40. The first kappa shape index (κ1) is 16.5. The number of aryl methyl sites for hydroxylation is 1. The molecule has 0 saturated heterocycles. The van der Waals surface area contributed by atoms with Gasteiger partial charge in [-0.2, -0.15) is 0 Å². The molecule has 5 nitrogen and oxygen atoms in total. The Labute approximate surface area is 152 Å². The Morgan fingerprint density at radius 1 is 1.27 bits per heavy atom. The van der Waals surface area contributed by atoms with Gasteiger partial charge >= 0.3 is 0 Å². The molecule has 2 heterocycles. The van der Waals surface area contributed by atoms with Crippen LogP contribution in [0, 0.1) is 12.8 Å². The van der Waals surface area contributed by atoms with Crippen LogP contribution in [0.5, 0.6) is 11.5 Å². The van der Waals surface area contributed by atoms with Gasteiger partial charge in [-0.1, -0.05) is 0 Å². The van der Waals surface area contributed by atoms with Gasteiger partial charge in [-0.25, -0.2) is 0 Å². The van der Waals surface area contributed by atoms with Crippen LogP contribution in [0.3, 0.4) is 0 Å². The molecule has 2 aromatic carbocycles. The molecule has 4 rings (SSSR count). The van der Waals surface area contributed by atoms with Gasteiger partial charge in [0.1, 0.15) is 18.1 Å². The molecule has 1 atom stereocenters. The predicted molar refractivity (Wildman–Crippen MR) is 102 cm³/mol. The van der Waals surface area contributed by atoms with E-state index in [0.29, 0.717) is 19.6 Å². The van der Waals surface area contributed by atoms with E-state index in [9.17, 15) is 4.79 Å². The summed E-state index contributed by atoms with van der Waals surface area (Å²) in [5, 5.41) is 4.11. The van der Waals surface area contributed by atoms with Crippen LogP contribution in [-0.4, -0.2) is 24.1 Å². The zero-order chi connectivity index (χ0) is 18.1. The molecule has 1 aliphatic rings. The number of aromatic amines is 1. The maximum absolute atomic E-state index is 12.7. The van der Waals surface area contributed by atoms with Crippen molar-refractivity contribution in [1.29, 1.82) is 0 Å². The second-order valence-corrected chi connectivity index (χ2v) is 6.66. The lowest BCUT2D eigenvalue weighted by Gasteiger charge is -2.25. The molecule has 5 heteroatoms. The molecule has 1 aliphatic heterocycles. The van der Waals surface area contributed by atoms with Gasteiger partial charge in [-0.05, 0) is 68.3 Å². The van der Waals surface area contributed by atoms with E-state index < -0.39 is 0 Å². The minimum absolute atomic E-state index is 0.0240. The Bertz CT molecular complexity index is 961. The molecule has 3 aromatic rings. The number of amides is 1. The van der Waals surface area contributed by atoms with Gasteiger partial charge in [0, 0.05) is 22.3 Å². The number of H-pyrrole nitrogens is 1. The molecule has 1 amide bonds. The third-order valence-electron chi connectivity index (χ3n) is 4.64. The average molecular weight is 350 g/mol. The largest absolute Gasteiger partial charge is 0.494 e. The van der Waals surface area contributed by atoms with Crippen LogP contribution in [0.4, 0.5) is 5.69 Å². The van der Waals surface area contributed by atoms with Crippen molar-refractivity contribution in [1.82, 2.24) is 4.98 Å². The van der Waals surface area contributed by atoms with Gasteiger partial charge in [-0.3, -0.25) is 4.79 Å². The standard InChI is InChI=1S/C21H22N2O3/c1-3-25-18-5-7-20-15(11-18)9-16(12-26-20)21(24)23-17-4-6-19-14(10-17)8-13(2)22-19/h4-8,10-11,16,22H,3,9,12H2,1-2H3,(H,23,24). The first-order chi connectivity index (χ1) is 12.6. The second kappa shape index (κ2) is 6.75. The molecule has 0 bridgehead atoms. The number of hydrogen-bond donors (Lipinski definition) is 2. The minimum Gasteiger partial charge on any atom is -0.494 e. The SMILES string of the molecule is CCOc1ccc2c(c1)CC(C(=O)Nc1ccc3[nH]c(C)cc3c1)CO2. The third-order valence-corrected chi connectivity index (χ3v) is 4.64. The number of fused-ring (bicyclic) bond motifs is 2. The van der Waals surface area contributed by atoms with E-state index in [-0.39, 0.29) is 11.8 Å². The van der Waals surface area contributed by atoms with Crippen molar-refractivity contribution >= 4 is 22.5 Å². The third kappa shape index (κ3) is 3.25. The summed E-state index contributed by atoms with van der Waals surface area (Å²) >= 11 is 0. The summed E-state index contributed by atoms with van der Waals surface area (Å²) in [4.78, 5) is 16.0. The highest BCUT2D eigenvalue weighted by Gasteiger charge is 2.26. The summed E-state index contributed by atoms with van der Waals surface area (Å²) in [6.07, 6.45) is 0.646. The molecule has 0 spiro atoms. The van der Waals surface area contributed by atoms with Crippen molar-refractivity contribution in [3.63, 3.8) is 0 Å². The lowest BCUT2D eigenvalue weighted by Crippen LogP contribution is -2.32. The lowest BCUT2D eigenvalue weighted by molar-refractivity contribution is -0.121. The van der Waals surface area contributed by atoms with Crippen molar-refractivity contribution in [2.45, 2.75) is 20.3 Å². The van der Waals surface area contributed by atoms with Crippen molar-refractivity contribution in [2.75, 3.05) is 18.5 Å². The highest BCUT2D eigenvalue weighted by molar-refractivity contribution is 5.95. The van der Waals surface area contributed by atoms with Gasteiger partial charge in [0.15, 0.2) is 0 Å². The number of aromatic nitrogens is 1. The lowest BCUT2D eigenvalue weighted by atomic mass is 9.95. The van der Waals surface area contributed by atoms with Gasteiger partial charge in [0.05, 0.1) is 12.5 Å². The summed E-state index contributed by atoms with van der Waals surface area (Å²) in [7, 11) is 0. The van der Waals surface area contributed by atoms with Crippen molar-refractivity contribution in [3.8, 4) is 11.5 Å². The first-order valence-corrected chi connectivity index (χ1v) is 8.91. The molecule has 1 aromatic heterocycles. The number of nitrogens with one attached hydrogen (secondary N) is 2. The van der Waals surface area contributed by atoms with Crippen molar-refractivity contribution < 1.29 is 14.3 Å². The smallest absolute Gasteiger partial charge is 0.231 e. The highest BCUT2D eigenvalue weighted by atomic mass is 16.5. The van der Waals surface area contributed by atoms with E-state index in [2.05, 4.69) is 16.4 Å². The molecule has 0 fully saturated rings. The van der Waals surface area contributed by atoms with E-state index in [1.54, 1.807) is 0 Å². The number of carbonyl (C=O) groups is 1. The van der Waals surface area contributed by atoms with E-state index in [1.165, 1.54) is 0 Å². The van der Waals surface area contributed by atoms with Crippen LogP contribution in [-0.2, 0) is 11.2 Å². The van der Waals surface area contributed by atoms with Crippen LogP contribution in [0.2, 0.25) is 0 Å². The number of ether oxygens (including phenoxy) is 2. The van der Waals surface area contributed by atoms with E-state index in [4.69, 9.17) is 9.47 Å². The zero-order valence-electron chi connectivity index (χ0n) is 15.0. The topological polar surface area (TPSA) is 63.3 Å². The minimum atomic E-state index is -0.219. The van der Waals surface area contributed by atoms with Crippen LogP contribution < -0.4 is 14.8 Å². The second-order valence-electron chi connectivity index (χ2n) is 6.66. The molecule has 2 N–H and O–H groups in total. The summed E-state index contributed by atoms with van der Waals surface area (Å²) in [6, 6.07) is 13.7. The first-order valence-electron chi connectivity index (χ1n) is 8.91. The average Bonchev–Trinajstić information content (AvgIpc) is 3.00. The molecule has 0 radical (unpaired) electrons. The summed E-state index contributed by atoms with van der Waals surface area (Å²) < 4.78 is 11.3. The molecular formula is C21H22N2O3. The molecule has 1 unspecified atom stereocenters. The fourth-order valence-corrected chi connectivity index (χ4v) is 3.40. The van der Waals surface area contributed by atoms with E-state index in [0.717, 1.165) is 39.3 Å². The summed E-state index contributed by atoms with van der Waals surface area (Å²) in [5.41, 5.74) is 3.99. The fourth-order valence-electron chi connectivity index (χ4n) is 3.40. The van der Waals surface area contributed by atoms with Crippen LogP contribution in [0.25, 0.3) is 10.9 Å².